The highest BCUT2D eigenvalue weighted by Gasteiger charge is 2.12. The maximum Gasteiger partial charge on any atom is 0.132 e. The Balaban J connectivity index is 1.92. The normalized spacial score (nSPS) is 17.4. The number of hydrogen-bond donors (Lipinski definition) is 1. The number of rotatable bonds is 4. The van der Waals surface area contributed by atoms with Crippen LogP contribution in [0.15, 0.2) is 18.3 Å². The van der Waals surface area contributed by atoms with E-state index in [0.29, 0.717) is 6.04 Å². The molecule has 0 atom stereocenters. The average molecular weight is 247 g/mol. The van der Waals surface area contributed by atoms with E-state index in [4.69, 9.17) is 0 Å². The summed E-state index contributed by atoms with van der Waals surface area (Å²) in [5.74, 6) is 1.08. The maximum absolute atomic E-state index is 4.45. The molecule has 18 heavy (non-hydrogen) atoms. The van der Waals surface area contributed by atoms with Crippen molar-refractivity contribution in [2.45, 2.75) is 51.1 Å². The average Bonchev–Trinajstić information content (AvgIpc) is 2.65. The van der Waals surface area contributed by atoms with Gasteiger partial charge in [-0.05, 0) is 18.9 Å². The van der Waals surface area contributed by atoms with Crippen LogP contribution in [0.25, 0.3) is 0 Å². The van der Waals surface area contributed by atoms with Gasteiger partial charge >= 0.3 is 0 Å². The summed E-state index contributed by atoms with van der Waals surface area (Å²) in [6, 6.07) is 4.89. The molecule has 0 radical (unpaired) electrons. The summed E-state index contributed by atoms with van der Waals surface area (Å²) in [4.78, 5) is 6.53. The van der Waals surface area contributed by atoms with E-state index in [2.05, 4.69) is 35.4 Å². The minimum atomic E-state index is 0.697. The van der Waals surface area contributed by atoms with Crippen molar-refractivity contribution in [3.63, 3.8) is 0 Å². The van der Waals surface area contributed by atoms with Gasteiger partial charge in [0.15, 0.2) is 0 Å². The molecule has 1 saturated carbocycles. The van der Waals surface area contributed by atoms with Crippen LogP contribution in [0.1, 0.15) is 44.1 Å². The predicted molar refractivity (Wildman–Crippen MR) is 76.9 cm³/mol. The highest BCUT2D eigenvalue weighted by molar-refractivity contribution is 5.45. The minimum Gasteiger partial charge on any atom is -0.362 e. The lowest BCUT2D eigenvalue weighted by atomic mass is 10.1. The number of aromatic nitrogens is 1. The van der Waals surface area contributed by atoms with E-state index in [1.54, 1.807) is 0 Å². The van der Waals surface area contributed by atoms with Crippen LogP contribution in [-0.2, 0) is 6.54 Å². The summed E-state index contributed by atoms with van der Waals surface area (Å²) in [5.41, 5.74) is 1.30. The van der Waals surface area contributed by atoms with E-state index in [0.717, 1.165) is 12.4 Å². The molecule has 0 aliphatic heterocycles. The third-order valence-corrected chi connectivity index (χ3v) is 3.73. The summed E-state index contributed by atoms with van der Waals surface area (Å²) in [6.07, 6.45) is 10.1. The van der Waals surface area contributed by atoms with E-state index < -0.39 is 0 Å². The van der Waals surface area contributed by atoms with E-state index >= 15 is 0 Å². The van der Waals surface area contributed by atoms with Crippen molar-refractivity contribution in [1.29, 1.82) is 0 Å². The van der Waals surface area contributed by atoms with Crippen LogP contribution >= 0.6 is 0 Å². The Morgan fingerprint density at radius 1 is 1.22 bits per heavy atom. The van der Waals surface area contributed by atoms with Crippen molar-refractivity contribution in [3.8, 4) is 0 Å². The molecule has 1 N–H and O–H groups in total. The van der Waals surface area contributed by atoms with Gasteiger partial charge in [0.1, 0.15) is 5.82 Å². The Hall–Kier alpha value is -1.09. The van der Waals surface area contributed by atoms with Crippen molar-refractivity contribution < 1.29 is 0 Å². The second kappa shape index (κ2) is 6.74. The molecule has 1 aromatic rings. The molecule has 1 aliphatic carbocycles. The highest BCUT2D eigenvalue weighted by Crippen LogP contribution is 2.19. The lowest BCUT2D eigenvalue weighted by Crippen LogP contribution is -2.28. The second-order valence-electron chi connectivity index (χ2n) is 5.45. The molecule has 1 fully saturated rings. The van der Waals surface area contributed by atoms with Gasteiger partial charge in [0.2, 0.25) is 0 Å². The van der Waals surface area contributed by atoms with E-state index in [1.165, 1.54) is 44.1 Å². The van der Waals surface area contributed by atoms with E-state index in [9.17, 15) is 0 Å². The fourth-order valence-corrected chi connectivity index (χ4v) is 2.71. The molecule has 3 nitrogen and oxygen atoms in total. The number of anilines is 1. The van der Waals surface area contributed by atoms with E-state index in [1.807, 2.05) is 12.3 Å². The van der Waals surface area contributed by atoms with Crippen LogP contribution < -0.4 is 10.2 Å². The maximum atomic E-state index is 4.45. The smallest absolute Gasteiger partial charge is 0.132 e. The van der Waals surface area contributed by atoms with Gasteiger partial charge in [0, 0.05) is 38.4 Å². The zero-order chi connectivity index (χ0) is 12.8. The SMILES string of the molecule is CN(C)c1ncccc1CNC1CCCCCC1. The van der Waals surface area contributed by atoms with Crippen molar-refractivity contribution in [2.24, 2.45) is 0 Å². The Kier molecular flexibility index (Phi) is 5.00. The topological polar surface area (TPSA) is 28.2 Å². The van der Waals surface area contributed by atoms with Crippen molar-refractivity contribution in [2.75, 3.05) is 19.0 Å². The Bertz CT molecular complexity index is 355. The zero-order valence-corrected chi connectivity index (χ0v) is 11.7. The molecule has 0 bridgehead atoms. The van der Waals surface area contributed by atoms with Gasteiger partial charge in [0.25, 0.3) is 0 Å². The lowest BCUT2D eigenvalue weighted by molar-refractivity contribution is 0.459. The van der Waals surface area contributed by atoms with Gasteiger partial charge in [-0.1, -0.05) is 31.7 Å². The number of nitrogens with one attached hydrogen (secondary N) is 1. The van der Waals surface area contributed by atoms with Crippen LogP contribution in [0, 0.1) is 0 Å². The number of hydrogen-bond acceptors (Lipinski definition) is 3. The Labute approximate surface area is 111 Å². The van der Waals surface area contributed by atoms with Gasteiger partial charge in [-0.25, -0.2) is 4.98 Å². The summed E-state index contributed by atoms with van der Waals surface area (Å²) in [6.45, 7) is 0.937. The van der Waals surface area contributed by atoms with Gasteiger partial charge in [0.05, 0.1) is 0 Å². The van der Waals surface area contributed by atoms with Gasteiger partial charge in [-0.2, -0.15) is 0 Å². The largest absolute Gasteiger partial charge is 0.362 e. The molecule has 0 spiro atoms. The van der Waals surface area contributed by atoms with Gasteiger partial charge < -0.3 is 10.2 Å². The summed E-state index contributed by atoms with van der Waals surface area (Å²) >= 11 is 0. The molecule has 1 aromatic heterocycles. The predicted octanol–water partition coefficient (Wildman–Crippen LogP) is 2.96. The molecule has 0 aromatic carbocycles. The molecule has 1 aliphatic rings. The van der Waals surface area contributed by atoms with Crippen LogP contribution in [0.5, 0.6) is 0 Å². The lowest BCUT2D eigenvalue weighted by Gasteiger charge is -2.19. The molecule has 100 valence electrons. The van der Waals surface area contributed by atoms with Crippen molar-refractivity contribution in [1.82, 2.24) is 10.3 Å². The molecule has 3 heteroatoms. The van der Waals surface area contributed by atoms with Crippen LogP contribution in [0.2, 0.25) is 0 Å². The van der Waals surface area contributed by atoms with Crippen LogP contribution in [0.3, 0.4) is 0 Å². The monoisotopic (exact) mass is 247 g/mol. The van der Waals surface area contributed by atoms with Crippen molar-refractivity contribution in [3.05, 3.63) is 23.9 Å². The molecular weight excluding hydrogens is 222 g/mol. The zero-order valence-electron chi connectivity index (χ0n) is 11.7. The second-order valence-corrected chi connectivity index (χ2v) is 5.45. The van der Waals surface area contributed by atoms with Crippen LogP contribution in [-0.4, -0.2) is 25.1 Å². The first-order chi connectivity index (χ1) is 8.77. The number of nitrogens with zero attached hydrogens (tertiary/aromatic N) is 2. The summed E-state index contributed by atoms with van der Waals surface area (Å²) in [5, 5.41) is 3.71. The summed E-state index contributed by atoms with van der Waals surface area (Å²) < 4.78 is 0. The molecular formula is C15H25N3. The molecule has 0 saturated heterocycles. The quantitative estimate of drug-likeness (QED) is 0.829. The first-order valence-corrected chi connectivity index (χ1v) is 7.12. The summed E-state index contributed by atoms with van der Waals surface area (Å²) in [7, 11) is 4.11. The standard InChI is InChI=1S/C15H25N3/c1-18(2)15-13(8-7-11-16-15)12-17-14-9-5-3-4-6-10-14/h7-8,11,14,17H,3-6,9-10,12H2,1-2H3. The Morgan fingerprint density at radius 3 is 2.61 bits per heavy atom. The van der Waals surface area contributed by atoms with Crippen molar-refractivity contribution >= 4 is 5.82 Å². The van der Waals surface area contributed by atoms with Gasteiger partial charge in [-0.15, -0.1) is 0 Å². The highest BCUT2D eigenvalue weighted by atomic mass is 15.1. The molecule has 0 unspecified atom stereocenters. The fourth-order valence-electron chi connectivity index (χ4n) is 2.71. The first-order valence-electron chi connectivity index (χ1n) is 7.12. The third kappa shape index (κ3) is 3.70. The Morgan fingerprint density at radius 2 is 1.94 bits per heavy atom. The minimum absolute atomic E-state index is 0.697. The fraction of sp³-hybridized carbons (Fsp3) is 0.667. The van der Waals surface area contributed by atoms with Crippen LogP contribution in [0.4, 0.5) is 5.82 Å². The van der Waals surface area contributed by atoms with Gasteiger partial charge in [-0.3, -0.25) is 0 Å². The third-order valence-electron chi connectivity index (χ3n) is 3.73. The molecule has 1 heterocycles. The number of pyridine rings is 1. The molecule has 2 rings (SSSR count). The first kappa shape index (κ1) is 13.3. The van der Waals surface area contributed by atoms with E-state index in [-0.39, 0.29) is 0 Å². The molecule has 0 amide bonds.